The lowest BCUT2D eigenvalue weighted by atomic mass is 10.5. The number of imidazole rings is 1. The van der Waals surface area contributed by atoms with Crippen molar-refractivity contribution in [3.63, 3.8) is 0 Å². The predicted molar refractivity (Wildman–Crippen MR) is 57.3 cm³/mol. The summed E-state index contributed by atoms with van der Waals surface area (Å²) in [5.41, 5.74) is 1.51. The van der Waals surface area contributed by atoms with Crippen LogP contribution < -0.4 is 10.1 Å². The Bertz CT molecular complexity index is 482. The van der Waals surface area contributed by atoms with Crippen molar-refractivity contribution in [1.82, 2.24) is 19.7 Å². The van der Waals surface area contributed by atoms with Crippen molar-refractivity contribution >= 4 is 17.2 Å². The second-order valence-corrected chi connectivity index (χ2v) is 3.40. The van der Waals surface area contributed by atoms with Crippen molar-refractivity contribution in [2.45, 2.75) is 6.54 Å². The lowest BCUT2D eigenvalue weighted by Gasteiger charge is -1.99. The van der Waals surface area contributed by atoms with E-state index in [0.29, 0.717) is 23.2 Å². The van der Waals surface area contributed by atoms with Crippen molar-refractivity contribution < 1.29 is 4.74 Å². The van der Waals surface area contributed by atoms with Gasteiger partial charge in [0.25, 0.3) is 0 Å². The summed E-state index contributed by atoms with van der Waals surface area (Å²) in [4.78, 5) is 8.38. The van der Waals surface area contributed by atoms with Crippen LogP contribution in [0.1, 0.15) is 5.69 Å². The quantitative estimate of drug-likeness (QED) is 0.852. The Morgan fingerprint density at radius 3 is 3.07 bits per heavy atom. The first kappa shape index (κ1) is 10.2. The first-order valence-corrected chi connectivity index (χ1v) is 4.85. The number of halogens is 1. The van der Waals surface area contributed by atoms with Gasteiger partial charge in [-0.2, -0.15) is 0 Å². The van der Waals surface area contributed by atoms with E-state index < -0.39 is 0 Å². The van der Waals surface area contributed by atoms with Gasteiger partial charge in [-0.15, -0.1) is 0 Å². The lowest BCUT2D eigenvalue weighted by Crippen LogP contribution is -2.05. The predicted octanol–water partition coefficient (Wildman–Crippen LogP) is 1.11. The van der Waals surface area contributed by atoms with Gasteiger partial charge in [-0.1, -0.05) is 11.6 Å². The summed E-state index contributed by atoms with van der Waals surface area (Å²) in [6, 6.07) is 0. The molecule has 2 aromatic rings. The normalized spacial score (nSPS) is 10.9. The lowest BCUT2D eigenvalue weighted by molar-refractivity contribution is 0.395. The number of rotatable bonds is 3. The summed E-state index contributed by atoms with van der Waals surface area (Å²) in [5.74, 6) is 0.512. The molecule has 2 aromatic heterocycles. The van der Waals surface area contributed by atoms with E-state index in [2.05, 4.69) is 15.3 Å². The van der Waals surface area contributed by atoms with Crippen LogP contribution in [0.25, 0.3) is 5.65 Å². The summed E-state index contributed by atoms with van der Waals surface area (Å²) in [5, 5.41) is 3.59. The van der Waals surface area contributed by atoms with Crippen LogP contribution >= 0.6 is 11.6 Å². The average Bonchev–Trinajstić information content (AvgIpc) is 2.56. The van der Waals surface area contributed by atoms with Crippen LogP contribution in [0.3, 0.4) is 0 Å². The first-order valence-electron chi connectivity index (χ1n) is 4.47. The number of aromatic nitrogens is 3. The zero-order chi connectivity index (χ0) is 10.8. The molecule has 5 nitrogen and oxygen atoms in total. The van der Waals surface area contributed by atoms with Gasteiger partial charge in [0.1, 0.15) is 5.15 Å². The number of methoxy groups -OCH3 is 1. The molecule has 1 N–H and O–H groups in total. The van der Waals surface area contributed by atoms with Crippen LogP contribution in [-0.4, -0.2) is 28.5 Å². The molecule has 0 radical (unpaired) electrons. The number of fused-ring (bicyclic) bond motifs is 1. The third-order valence-electron chi connectivity index (χ3n) is 2.05. The van der Waals surface area contributed by atoms with Crippen LogP contribution in [0.15, 0.2) is 12.4 Å². The Balaban J connectivity index is 2.56. The molecule has 0 spiro atoms. The molecule has 0 saturated heterocycles. The Labute approximate surface area is 92.1 Å². The Morgan fingerprint density at radius 2 is 2.40 bits per heavy atom. The van der Waals surface area contributed by atoms with E-state index in [1.165, 1.54) is 0 Å². The molecule has 0 fully saturated rings. The van der Waals surface area contributed by atoms with Gasteiger partial charge < -0.3 is 10.1 Å². The van der Waals surface area contributed by atoms with E-state index in [-0.39, 0.29) is 0 Å². The molecule has 0 aliphatic rings. The van der Waals surface area contributed by atoms with Crippen LogP contribution in [0.4, 0.5) is 0 Å². The summed E-state index contributed by atoms with van der Waals surface area (Å²) < 4.78 is 6.76. The number of nitrogens with zero attached hydrogens (tertiary/aromatic N) is 3. The molecule has 0 atom stereocenters. The molecule has 0 bridgehead atoms. The second-order valence-electron chi connectivity index (χ2n) is 3.04. The van der Waals surface area contributed by atoms with Gasteiger partial charge in [-0.3, -0.25) is 4.40 Å². The molecule has 2 rings (SSSR count). The molecule has 80 valence electrons. The topological polar surface area (TPSA) is 51.5 Å². The van der Waals surface area contributed by atoms with Crippen molar-refractivity contribution in [2.75, 3.05) is 14.2 Å². The van der Waals surface area contributed by atoms with E-state index in [1.807, 2.05) is 7.05 Å². The molecule has 2 heterocycles. The van der Waals surface area contributed by atoms with Gasteiger partial charge in [0.05, 0.1) is 25.2 Å². The van der Waals surface area contributed by atoms with E-state index in [0.717, 1.165) is 5.69 Å². The smallest absolute Gasteiger partial charge is 0.230 e. The Morgan fingerprint density at radius 1 is 1.60 bits per heavy atom. The molecule has 0 aromatic carbocycles. The van der Waals surface area contributed by atoms with Crippen molar-refractivity contribution in [2.24, 2.45) is 0 Å². The highest BCUT2D eigenvalue weighted by atomic mass is 35.5. The third kappa shape index (κ3) is 1.75. The van der Waals surface area contributed by atoms with Gasteiger partial charge in [0.2, 0.25) is 5.88 Å². The van der Waals surface area contributed by atoms with E-state index in [9.17, 15) is 0 Å². The van der Waals surface area contributed by atoms with Gasteiger partial charge in [0, 0.05) is 6.54 Å². The molecular formula is C9H11ClN4O. The molecular weight excluding hydrogens is 216 g/mol. The van der Waals surface area contributed by atoms with Crippen LogP contribution in [0.5, 0.6) is 5.88 Å². The van der Waals surface area contributed by atoms with Crippen LogP contribution in [0, 0.1) is 0 Å². The van der Waals surface area contributed by atoms with E-state index in [4.69, 9.17) is 16.3 Å². The van der Waals surface area contributed by atoms with Gasteiger partial charge >= 0.3 is 0 Å². The SMILES string of the molecule is CNCc1nc2cnc(OC)cn2c1Cl. The second kappa shape index (κ2) is 4.04. The minimum atomic E-state index is 0.512. The molecule has 0 aliphatic heterocycles. The number of ether oxygens (including phenoxy) is 1. The average molecular weight is 227 g/mol. The number of nitrogens with one attached hydrogen (secondary N) is 1. The maximum absolute atomic E-state index is 6.14. The summed E-state index contributed by atoms with van der Waals surface area (Å²) in [6.45, 7) is 0.628. The highest BCUT2D eigenvalue weighted by molar-refractivity contribution is 6.30. The molecule has 6 heteroatoms. The first-order chi connectivity index (χ1) is 7.26. The van der Waals surface area contributed by atoms with Crippen LogP contribution in [-0.2, 0) is 6.54 Å². The Kier molecular flexibility index (Phi) is 2.75. The molecule has 0 unspecified atom stereocenters. The van der Waals surface area contributed by atoms with E-state index >= 15 is 0 Å². The zero-order valence-electron chi connectivity index (χ0n) is 8.49. The minimum Gasteiger partial charge on any atom is -0.480 e. The Hall–Kier alpha value is -1.33. The van der Waals surface area contributed by atoms with Crippen LogP contribution in [0.2, 0.25) is 5.15 Å². The number of hydrogen-bond donors (Lipinski definition) is 1. The van der Waals surface area contributed by atoms with Crippen molar-refractivity contribution in [3.05, 3.63) is 23.2 Å². The third-order valence-corrected chi connectivity index (χ3v) is 2.45. The fourth-order valence-corrected chi connectivity index (χ4v) is 1.59. The zero-order valence-corrected chi connectivity index (χ0v) is 9.25. The maximum atomic E-state index is 6.14. The van der Waals surface area contributed by atoms with E-state index in [1.54, 1.807) is 23.9 Å². The highest BCUT2D eigenvalue weighted by Crippen LogP contribution is 2.19. The standard InChI is InChI=1S/C9H11ClN4O/c1-11-3-6-9(10)14-5-8(15-2)12-4-7(14)13-6/h4-5,11H,3H2,1-2H3. The monoisotopic (exact) mass is 226 g/mol. The van der Waals surface area contributed by atoms with Gasteiger partial charge in [-0.05, 0) is 7.05 Å². The van der Waals surface area contributed by atoms with Crippen molar-refractivity contribution in [3.8, 4) is 5.88 Å². The summed E-state index contributed by atoms with van der Waals surface area (Å²) in [7, 11) is 3.41. The molecule has 0 amide bonds. The number of hydrogen-bond acceptors (Lipinski definition) is 4. The highest BCUT2D eigenvalue weighted by Gasteiger charge is 2.10. The largest absolute Gasteiger partial charge is 0.480 e. The van der Waals surface area contributed by atoms with Crippen molar-refractivity contribution in [1.29, 1.82) is 0 Å². The minimum absolute atomic E-state index is 0.512. The van der Waals surface area contributed by atoms with Gasteiger partial charge in [-0.25, -0.2) is 9.97 Å². The fourth-order valence-electron chi connectivity index (χ4n) is 1.34. The maximum Gasteiger partial charge on any atom is 0.230 e. The summed E-state index contributed by atoms with van der Waals surface area (Å²) >= 11 is 6.14. The van der Waals surface area contributed by atoms with Gasteiger partial charge in [0.15, 0.2) is 5.65 Å². The fraction of sp³-hybridized carbons (Fsp3) is 0.333. The molecule has 0 saturated carbocycles. The molecule has 15 heavy (non-hydrogen) atoms. The molecule has 0 aliphatic carbocycles. The summed E-state index contributed by atoms with van der Waals surface area (Å²) in [6.07, 6.45) is 3.34.